The molecule has 0 bridgehead atoms. The van der Waals surface area contributed by atoms with Crippen LogP contribution in [0.15, 0.2) is 39.4 Å². The fraction of sp³-hybridized carbons (Fsp3) is 0.0833. The molecule has 1 aromatic heterocycles. The van der Waals surface area contributed by atoms with E-state index in [2.05, 4.69) is 15.9 Å². The van der Waals surface area contributed by atoms with Crippen molar-refractivity contribution in [1.82, 2.24) is 5.43 Å². The minimum absolute atomic E-state index is 0.0771. The summed E-state index contributed by atoms with van der Waals surface area (Å²) in [6, 6.07) is 5.70. The first-order valence-electron chi connectivity index (χ1n) is 5.26. The van der Waals surface area contributed by atoms with Gasteiger partial charge in [-0.15, -0.1) is 0 Å². The minimum atomic E-state index is -0.455. The van der Waals surface area contributed by atoms with E-state index in [1.54, 1.807) is 6.07 Å². The van der Waals surface area contributed by atoms with Crippen LogP contribution in [-0.4, -0.2) is 5.91 Å². The quantitative estimate of drug-likeness (QED) is 0.513. The molecule has 0 aliphatic carbocycles. The number of benzene rings is 1. The molecule has 0 unspecified atom stereocenters. The second kappa shape index (κ2) is 5.85. The van der Waals surface area contributed by atoms with Gasteiger partial charge in [-0.2, -0.15) is 0 Å². The minimum Gasteiger partial charge on any atom is -0.486 e. The molecular weight excluding hydrogens is 319 g/mol. The van der Waals surface area contributed by atoms with Gasteiger partial charge in [0.1, 0.15) is 30.2 Å². The zero-order valence-electron chi connectivity index (χ0n) is 9.65. The number of furan rings is 1. The van der Waals surface area contributed by atoms with Crippen LogP contribution in [0.25, 0.3) is 0 Å². The van der Waals surface area contributed by atoms with E-state index in [1.807, 2.05) is 5.43 Å². The highest BCUT2D eigenvalue weighted by Crippen LogP contribution is 2.21. The Bertz CT molecular complexity index is 580. The number of nitrogens with two attached hydrogens (primary N) is 1. The SMILES string of the molecule is NNC(=O)c1coc(COc2cc(F)cc(Br)c2)c1. The first-order chi connectivity index (χ1) is 9.08. The number of hydrogen-bond donors (Lipinski definition) is 2. The molecule has 19 heavy (non-hydrogen) atoms. The van der Waals surface area contributed by atoms with Gasteiger partial charge in [0, 0.05) is 10.5 Å². The third kappa shape index (κ3) is 3.55. The van der Waals surface area contributed by atoms with Gasteiger partial charge in [0.2, 0.25) is 0 Å². The summed E-state index contributed by atoms with van der Waals surface area (Å²) in [6.45, 7) is 0.0771. The maximum atomic E-state index is 13.1. The summed E-state index contributed by atoms with van der Waals surface area (Å²) in [5.74, 6) is 4.91. The van der Waals surface area contributed by atoms with Gasteiger partial charge in [0.05, 0.1) is 5.56 Å². The van der Waals surface area contributed by atoms with Gasteiger partial charge in [0.15, 0.2) is 0 Å². The lowest BCUT2D eigenvalue weighted by atomic mass is 10.3. The fourth-order valence-corrected chi connectivity index (χ4v) is 1.87. The third-order valence-electron chi connectivity index (χ3n) is 2.26. The van der Waals surface area contributed by atoms with Crippen molar-refractivity contribution in [1.29, 1.82) is 0 Å². The van der Waals surface area contributed by atoms with Crippen molar-refractivity contribution >= 4 is 21.8 Å². The Morgan fingerprint density at radius 2 is 2.21 bits per heavy atom. The van der Waals surface area contributed by atoms with Gasteiger partial charge in [0.25, 0.3) is 5.91 Å². The van der Waals surface area contributed by atoms with Gasteiger partial charge in [-0.3, -0.25) is 10.2 Å². The summed E-state index contributed by atoms with van der Waals surface area (Å²) in [5.41, 5.74) is 2.28. The zero-order chi connectivity index (χ0) is 13.8. The van der Waals surface area contributed by atoms with E-state index >= 15 is 0 Å². The molecule has 2 aromatic rings. The highest BCUT2D eigenvalue weighted by atomic mass is 79.9. The Kier molecular flexibility index (Phi) is 4.18. The van der Waals surface area contributed by atoms with E-state index in [0.717, 1.165) is 0 Å². The standard InChI is InChI=1S/C12H10BrFN2O3/c13-8-2-9(14)4-10(3-8)19-6-11-1-7(5-18-11)12(17)16-15/h1-5H,6,15H2,(H,16,17). The molecular formula is C12H10BrFN2O3. The van der Waals surface area contributed by atoms with Gasteiger partial charge in [-0.05, 0) is 18.2 Å². The maximum absolute atomic E-state index is 13.1. The van der Waals surface area contributed by atoms with Crippen molar-refractivity contribution in [3.63, 3.8) is 0 Å². The normalized spacial score (nSPS) is 10.3. The van der Waals surface area contributed by atoms with Crippen molar-refractivity contribution in [3.05, 3.63) is 52.1 Å². The Hall–Kier alpha value is -1.86. The van der Waals surface area contributed by atoms with Crippen LogP contribution < -0.4 is 16.0 Å². The van der Waals surface area contributed by atoms with Crippen LogP contribution in [0.1, 0.15) is 16.1 Å². The predicted octanol–water partition coefficient (Wildman–Crippen LogP) is 2.36. The van der Waals surface area contributed by atoms with Crippen LogP contribution in [0, 0.1) is 5.82 Å². The third-order valence-corrected chi connectivity index (χ3v) is 2.72. The van der Waals surface area contributed by atoms with Crippen LogP contribution in [0.5, 0.6) is 5.75 Å². The molecule has 0 aliphatic heterocycles. The molecule has 1 heterocycles. The summed E-state index contributed by atoms with van der Waals surface area (Å²) < 4.78 is 24.2. The van der Waals surface area contributed by atoms with Gasteiger partial charge >= 0.3 is 0 Å². The van der Waals surface area contributed by atoms with E-state index in [0.29, 0.717) is 21.5 Å². The highest BCUT2D eigenvalue weighted by Gasteiger charge is 2.09. The van der Waals surface area contributed by atoms with E-state index < -0.39 is 11.7 Å². The van der Waals surface area contributed by atoms with E-state index in [-0.39, 0.29) is 6.61 Å². The van der Waals surface area contributed by atoms with Crippen LogP contribution in [0.4, 0.5) is 4.39 Å². The largest absolute Gasteiger partial charge is 0.486 e. The first kappa shape index (κ1) is 13.6. The number of hydrazine groups is 1. The first-order valence-corrected chi connectivity index (χ1v) is 6.05. The molecule has 0 spiro atoms. The zero-order valence-corrected chi connectivity index (χ0v) is 11.2. The van der Waals surface area contributed by atoms with Crippen molar-refractivity contribution in [2.24, 2.45) is 5.84 Å². The maximum Gasteiger partial charge on any atom is 0.268 e. The van der Waals surface area contributed by atoms with Crippen molar-refractivity contribution in [2.45, 2.75) is 6.61 Å². The van der Waals surface area contributed by atoms with E-state index in [9.17, 15) is 9.18 Å². The fourth-order valence-electron chi connectivity index (χ4n) is 1.43. The predicted molar refractivity (Wildman–Crippen MR) is 68.8 cm³/mol. The molecule has 1 aromatic carbocycles. The molecule has 3 N–H and O–H groups in total. The lowest BCUT2D eigenvalue weighted by Crippen LogP contribution is -2.29. The number of hydrogen-bond acceptors (Lipinski definition) is 4. The number of carbonyl (C=O) groups excluding carboxylic acids is 1. The second-order valence-corrected chi connectivity index (χ2v) is 4.58. The highest BCUT2D eigenvalue weighted by molar-refractivity contribution is 9.10. The van der Waals surface area contributed by atoms with Crippen LogP contribution in [0.2, 0.25) is 0 Å². The van der Waals surface area contributed by atoms with Crippen LogP contribution in [-0.2, 0) is 6.61 Å². The molecule has 0 radical (unpaired) electrons. The summed E-state index contributed by atoms with van der Waals surface area (Å²) in [7, 11) is 0. The number of rotatable bonds is 4. The summed E-state index contributed by atoms with van der Waals surface area (Å²) in [5, 5.41) is 0. The Balaban J connectivity index is 2.02. The number of ether oxygens (including phenoxy) is 1. The van der Waals surface area contributed by atoms with Gasteiger partial charge < -0.3 is 9.15 Å². The smallest absolute Gasteiger partial charge is 0.268 e. The Morgan fingerprint density at radius 3 is 2.89 bits per heavy atom. The second-order valence-electron chi connectivity index (χ2n) is 3.67. The molecule has 1 amide bonds. The Morgan fingerprint density at radius 1 is 1.42 bits per heavy atom. The lowest BCUT2D eigenvalue weighted by molar-refractivity contribution is 0.0953. The average Bonchev–Trinajstić information content (AvgIpc) is 2.83. The van der Waals surface area contributed by atoms with Crippen molar-refractivity contribution in [3.8, 4) is 5.75 Å². The monoisotopic (exact) mass is 328 g/mol. The van der Waals surface area contributed by atoms with Crippen LogP contribution >= 0.6 is 15.9 Å². The van der Waals surface area contributed by atoms with Crippen molar-refractivity contribution < 1.29 is 18.3 Å². The topological polar surface area (TPSA) is 77.5 Å². The molecule has 2 rings (SSSR count). The number of nitrogen functional groups attached to an aromatic ring is 1. The molecule has 0 atom stereocenters. The van der Waals surface area contributed by atoms with Gasteiger partial charge in [-0.25, -0.2) is 10.2 Å². The number of halogens is 2. The summed E-state index contributed by atoms with van der Waals surface area (Å²) >= 11 is 3.16. The Labute approximate surface area is 116 Å². The average molecular weight is 329 g/mol. The van der Waals surface area contributed by atoms with E-state index in [1.165, 1.54) is 24.5 Å². The molecule has 7 heteroatoms. The number of amides is 1. The molecule has 0 aliphatic rings. The molecule has 5 nitrogen and oxygen atoms in total. The molecule has 0 fully saturated rings. The summed E-state index contributed by atoms with van der Waals surface area (Å²) in [4.78, 5) is 11.2. The molecule has 0 saturated carbocycles. The molecule has 0 saturated heterocycles. The van der Waals surface area contributed by atoms with Crippen molar-refractivity contribution in [2.75, 3.05) is 0 Å². The lowest BCUT2D eigenvalue weighted by Gasteiger charge is -2.04. The van der Waals surface area contributed by atoms with Crippen LogP contribution in [0.3, 0.4) is 0 Å². The summed E-state index contributed by atoms with van der Waals surface area (Å²) in [6.07, 6.45) is 1.27. The number of carbonyl (C=O) groups is 1. The number of nitrogens with one attached hydrogen (secondary N) is 1. The molecule has 100 valence electrons. The van der Waals surface area contributed by atoms with Gasteiger partial charge in [-0.1, -0.05) is 15.9 Å². The van der Waals surface area contributed by atoms with E-state index in [4.69, 9.17) is 15.0 Å².